The first-order chi connectivity index (χ1) is 9.43. The van der Waals surface area contributed by atoms with Crippen LogP contribution < -0.4 is 5.32 Å². The third kappa shape index (κ3) is 4.69. The number of benzene rings is 1. The lowest BCUT2D eigenvalue weighted by Gasteiger charge is -2.12. The van der Waals surface area contributed by atoms with E-state index < -0.39 is 30.3 Å². The molecule has 0 bridgehead atoms. The summed E-state index contributed by atoms with van der Waals surface area (Å²) in [6.45, 7) is 0.401. The van der Waals surface area contributed by atoms with Crippen molar-refractivity contribution in [2.45, 2.75) is 19.1 Å². The van der Waals surface area contributed by atoms with E-state index in [1.807, 2.05) is 0 Å². The Kier molecular flexibility index (Phi) is 5.67. The van der Waals surface area contributed by atoms with E-state index in [0.717, 1.165) is 5.56 Å². The third-order valence-corrected chi connectivity index (χ3v) is 2.51. The van der Waals surface area contributed by atoms with E-state index in [1.54, 1.807) is 19.2 Å². The Balaban J connectivity index is 2.73. The molecule has 0 saturated heterocycles. The first-order valence-electron chi connectivity index (χ1n) is 5.77. The summed E-state index contributed by atoms with van der Waals surface area (Å²) in [6, 6.07) is 4.92. The topological polar surface area (TPSA) is 113 Å². The van der Waals surface area contributed by atoms with Crippen LogP contribution in [0, 0.1) is 0 Å². The number of hydrogen-bond donors (Lipinski definition) is 3. The highest BCUT2D eigenvalue weighted by atomic mass is 16.5. The number of carboxylic acid groups (broad SMARTS) is 2. The molecule has 3 N–H and O–H groups in total. The maximum Gasteiger partial charge on any atom is 0.326 e. The predicted molar refractivity (Wildman–Crippen MR) is 68.3 cm³/mol. The first kappa shape index (κ1) is 15.6. The van der Waals surface area contributed by atoms with Crippen molar-refractivity contribution in [3.8, 4) is 0 Å². The zero-order valence-corrected chi connectivity index (χ0v) is 10.8. The van der Waals surface area contributed by atoms with Crippen molar-refractivity contribution < 1.29 is 29.3 Å². The monoisotopic (exact) mass is 281 g/mol. The zero-order chi connectivity index (χ0) is 15.1. The Morgan fingerprint density at radius 1 is 1.20 bits per heavy atom. The van der Waals surface area contributed by atoms with E-state index in [4.69, 9.17) is 14.9 Å². The molecule has 1 aromatic rings. The molecule has 0 saturated carbocycles. The van der Waals surface area contributed by atoms with E-state index in [2.05, 4.69) is 5.32 Å². The molecule has 0 aromatic heterocycles. The molecule has 108 valence electrons. The van der Waals surface area contributed by atoms with Gasteiger partial charge in [-0.1, -0.05) is 12.1 Å². The molecule has 0 heterocycles. The minimum absolute atomic E-state index is 0.251. The van der Waals surface area contributed by atoms with Crippen LogP contribution in [0.5, 0.6) is 0 Å². The Morgan fingerprint density at radius 2 is 1.80 bits per heavy atom. The van der Waals surface area contributed by atoms with Crippen molar-refractivity contribution in [3.05, 3.63) is 35.4 Å². The van der Waals surface area contributed by atoms with Crippen LogP contribution in [0.25, 0.3) is 0 Å². The van der Waals surface area contributed by atoms with Crippen LogP contribution in [0.4, 0.5) is 0 Å². The maximum atomic E-state index is 11.8. The van der Waals surface area contributed by atoms with Gasteiger partial charge in [0.25, 0.3) is 5.91 Å². The molecule has 1 atom stereocenters. The van der Waals surface area contributed by atoms with E-state index >= 15 is 0 Å². The van der Waals surface area contributed by atoms with Gasteiger partial charge in [-0.15, -0.1) is 0 Å². The Morgan fingerprint density at radius 3 is 2.25 bits per heavy atom. The molecule has 7 heteroatoms. The summed E-state index contributed by atoms with van der Waals surface area (Å²) in [7, 11) is 1.55. The standard InChI is InChI=1S/C13H15NO6/c1-20-7-8-2-4-9(5-3-8)12(17)14-10(13(18)19)6-11(15)16/h2-5,10H,6-7H2,1H3,(H,14,17)(H,15,16)(H,18,19)/t10-/m0/s1. The number of aliphatic carboxylic acids is 2. The maximum absolute atomic E-state index is 11.8. The molecular formula is C13H15NO6. The highest BCUT2D eigenvalue weighted by Crippen LogP contribution is 2.06. The summed E-state index contributed by atoms with van der Waals surface area (Å²) >= 11 is 0. The molecule has 7 nitrogen and oxygen atoms in total. The smallest absolute Gasteiger partial charge is 0.326 e. The molecule has 0 unspecified atom stereocenters. The van der Waals surface area contributed by atoms with Gasteiger partial charge in [0.15, 0.2) is 0 Å². The molecule has 1 rings (SSSR count). The normalized spacial score (nSPS) is 11.7. The van der Waals surface area contributed by atoms with Crippen LogP contribution in [0.15, 0.2) is 24.3 Å². The number of ether oxygens (including phenoxy) is 1. The molecule has 0 aliphatic rings. The molecule has 0 aliphatic heterocycles. The minimum atomic E-state index is -1.46. The molecule has 1 amide bonds. The molecule has 0 spiro atoms. The molecule has 0 aliphatic carbocycles. The number of carbonyl (C=O) groups excluding carboxylic acids is 1. The van der Waals surface area contributed by atoms with Gasteiger partial charge in [0, 0.05) is 12.7 Å². The Labute approximate surface area is 115 Å². The second-order valence-electron chi connectivity index (χ2n) is 4.09. The van der Waals surface area contributed by atoms with Crippen LogP contribution in [0.3, 0.4) is 0 Å². The second kappa shape index (κ2) is 7.25. The molecule has 0 radical (unpaired) electrons. The van der Waals surface area contributed by atoms with E-state index in [0.29, 0.717) is 6.61 Å². The Hall–Kier alpha value is -2.41. The van der Waals surface area contributed by atoms with Gasteiger partial charge in [-0.05, 0) is 17.7 Å². The number of nitrogens with one attached hydrogen (secondary N) is 1. The van der Waals surface area contributed by atoms with Crippen molar-refractivity contribution in [1.82, 2.24) is 5.32 Å². The lowest BCUT2D eigenvalue weighted by molar-refractivity contribution is -0.145. The summed E-state index contributed by atoms with van der Waals surface area (Å²) in [6.07, 6.45) is -0.678. The number of methoxy groups -OCH3 is 1. The summed E-state index contributed by atoms with van der Waals surface area (Å²) < 4.78 is 4.92. The van der Waals surface area contributed by atoms with Crippen molar-refractivity contribution in [2.75, 3.05) is 7.11 Å². The van der Waals surface area contributed by atoms with Crippen LogP contribution in [-0.4, -0.2) is 41.2 Å². The van der Waals surface area contributed by atoms with E-state index in [1.165, 1.54) is 12.1 Å². The number of hydrogen-bond acceptors (Lipinski definition) is 4. The molecular weight excluding hydrogens is 266 g/mol. The van der Waals surface area contributed by atoms with Gasteiger partial charge in [0.2, 0.25) is 0 Å². The Bertz CT molecular complexity index is 496. The van der Waals surface area contributed by atoms with Gasteiger partial charge in [0.1, 0.15) is 6.04 Å². The summed E-state index contributed by atoms with van der Waals surface area (Å²) in [4.78, 5) is 33.2. The largest absolute Gasteiger partial charge is 0.481 e. The fraction of sp³-hybridized carbons (Fsp3) is 0.308. The number of rotatable bonds is 7. The average Bonchev–Trinajstić information content (AvgIpc) is 2.38. The van der Waals surface area contributed by atoms with Crippen molar-refractivity contribution in [1.29, 1.82) is 0 Å². The van der Waals surface area contributed by atoms with Crippen molar-refractivity contribution in [3.63, 3.8) is 0 Å². The average molecular weight is 281 g/mol. The number of carboxylic acids is 2. The van der Waals surface area contributed by atoms with Crippen molar-refractivity contribution >= 4 is 17.8 Å². The predicted octanol–water partition coefficient (Wildman–Crippen LogP) is 0.491. The van der Waals surface area contributed by atoms with E-state index in [9.17, 15) is 14.4 Å². The van der Waals surface area contributed by atoms with Crippen LogP contribution in [0.2, 0.25) is 0 Å². The number of amides is 1. The highest BCUT2D eigenvalue weighted by Gasteiger charge is 2.23. The summed E-state index contributed by atoms with van der Waals surface area (Å²) in [5, 5.41) is 19.6. The first-order valence-corrected chi connectivity index (χ1v) is 5.77. The molecule has 20 heavy (non-hydrogen) atoms. The quantitative estimate of drug-likeness (QED) is 0.670. The lowest BCUT2D eigenvalue weighted by atomic mass is 10.1. The fourth-order valence-electron chi connectivity index (χ4n) is 1.54. The fourth-order valence-corrected chi connectivity index (χ4v) is 1.54. The van der Waals surface area contributed by atoms with Gasteiger partial charge < -0.3 is 20.3 Å². The molecule has 0 fully saturated rings. The summed E-state index contributed by atoms with van der Waals surface area (Å²) in [5.41, 5.74) is 1.12. The van der Waals surface area contributed by atoms with Crippen molar-refractivity contribution in [2.24, 2.45) is 0 Å². The zero-order valence-electron chi connectivity index (χ0n) is 10.8. The van der Waals surface area contributed by atoms with Gasteiger partial charge in [-0.3, -0.25) is 9.59 Å². The molecule has 1 aromatic carbocycles. The van der Waals surface area contributed by atoms with Gasteiger partial charge >= 0.3 is 11.9 Å². The SMILES string of the molecule is COCc1ccc(C(=O)N[C@@H](CC(=O)O)C(=O)O)cc1. The summed E-state index contributed by atoms with van der Waals surface area (Å²) in [5.74, 6) is -3.33. The van der Waals surface area contributed by atoms with Crippen LogP contribution in [0.1, 0.15) is 22.3 Å². The van der Waals surface area contributed by atoms with Gasteiger partial charge in [-0.2, -0.15) is 0 Å². The van der Waals surface area contributed by atoms with E-state index in [-0.39, 0.29) is 5.56 Å². The highest BCUT2D eigenvalue weighted by molar-refractivity contribution is 5.97. The number of carbonyl (C=O) groups is 3. The minimum Gasteiger partial charge on any atom is -0.481 e. The second-order valence-corrected chi connectivity index (χ2v) is 4.09. The lowest BCUT2D eigenvalue weighted by Crippen LogP contribution is -2.42. The van der Waals surface area contributed by atoms with Crippen LogP contribution in [-0.2, 0) is 20.9 Å². The van der Waals surface area contributed by atoms with Gasteiger partial charge in [-0.25, -0.2) is 4.79 Å². The van der Waals surface area contributed by atoms with Crippen LogP contribution >= 0.6 is 0 Å². The van der Waals surface area contributed by atoms with Gasteiger partial charge in [0.05, 0.1) is 13.0 Å². The third-order valence-electron chi connectivity index (χ3n) is 2.51.